The number of hydrogen-bond acceptors (Lipinski definition) is 1. The number of hydrogen-bond donors (Lipinski definition) is 0. The smallest absolute Gasteiger partial charge is 0.0726 e. The van der Waals surface area contributed by atoms with Gasteiger partial charge in [-0.15, -0.1) is 0 Å². The zero-order chi connectivity index (χ0) is 49.2. The van der Waals surface area contributed by atoms with E-state index in [0.29, 0.717) is 0 Å². The molecule has 0 unspecified atom stereocenters. The molecule has 0 N–H and O–H groups in total. The summed E-state index contributed by atoms with van der Waals surface area (Å²) >= 11 is 0. The number of aromatic nitrogens is 1. The predicted octanol–water partition coefficient (Wildman–Crippen LogP) is 19.1. The van der Waals surface area contributed by atoms with Crippen LogP contribution in [0.3, 0.4) is 0 Å². The zero-order valence-electron chi connectivity index (χ0n) is 41.5. The second-order valence-electron chi connectivity index (χ2n) is 20.8. The summed E-state index contributed by atoms with van der Waals surface area (Å²) in [6.45, 7) is 0. The van der Waals surface area contributed by atoms with E-state index in [0.717, 1.165) is 42.7 Å². The third kappa shape index (κ3) is 6.02. The quantitative estimate of drug-likeness (QED) is 0.161. The van der Waals surface area contributed by atoms with E-state index < -0.39 is 5.41 Å². The van der Waals surface area contributed by atoms with Crippen LogP contribution in [-0.2, 0) is 5.41 Å². The molecule has 0 saturated carbocycles. The molecule has 352 valence electrons. The van der Waals surface area contributed by atoms with E-state index in [9.17, 15) is 0 Å². The molecule has 0 bridgehead atoms. The van der Waals surface area contributed by atoms with Crippen LogP contribution >= 0.6 is 0 Å². The third-order valence-corrected chi connectivity index (χ3v) is 17.0. The van der Waals surface area contributed by atoms with Crippen molar-refractivity contribution in [3.05, 3.63) is 305 Å². The molecule has 10 aromatic carbocycles. The second kappa shape index (κ2) is 16.4. The van der Waals surface area contributed by atoms with Crippen LogP contribution in [0.4, 0.5) is 17.1 Å². The van der Waals surface area contributed by atoms with Crippen molar-refractivity contribution in [2.75, 3.05) is 4.90 Å². The Morgan fingerprint density at radius 2 is 1.00 bits per heavy atom. The standard InChI is InChI=1S/C73H50N2/c1-3-21-48(22-4-1)71(49-23-5-2-6-24-49)72-61-32-10-9-27-54(61)55-41-38-50(45-63(55)72)74(51-40-43-70-62(44-51)60-31-14-18-36-69(60)75(70)68-37-19-25-47-20-7-8-26-53(47)68)52-39-42-59-58-30-13-17-35-66(58)73(67(59)46-52)64-33-15-11-28-56(64)57-29-12-16-34-65(57)73/h1,3,5,7-21,23-46H,2,4,6,22H2/b72-71+. The fourth-order valence-electron chi connectivity index (χ4n) is 14.0. The van der Waals surface area contributed by atoms with Gasteiger partial charge in [-0.25, -0.2) is 0 Å². The molecule has 75 heavy (non-hydrogen) atoms. The van der Waals surface area contributed by atoms with Gasteiger partial charge in [0.2, 0.25) is 0 Å². The van der Waals surface area contributed by atoms with E-state index in [4.69, 9.17) is 0 Å². The Bertz CT molecular complexity index is 4360. The van der Waals surface area contributed by atoms with Gasteiger partial charge in [-0.3, -0.25) is 0 Å². The fraction of sp³-hybridized carbons (Fsp3) is 0.0685. The summed E-state index contributed by atoms with van der Waals surface area (Å²) in [5, 5.41) is 4.91. The average molecular weight is 955 g/mol. The Morgan fingerprint density at radius 3 is 1.73 bits per heavy atom. The highest BCUT2D eigenvalue weighted by molar-refractivity contribution is 6.12. The summed E-state index contributed by atoms with van der Waals surface area (Å²) in [6.07, 6.45) is 18.3. The van der Waals surface area contributed by atoms with Crippen molar-refractivity contribution in [3.63, 3.8) is 0 Å². The maximum absolute atomic E-state index is 2.55. The molecule has 0 atom stereocenters. The Kier molecular flexibility index (Phi) is 9.24. The number of para-hydroxylation sites is 1. The number of nitrogens with zero attached hydrogens (tertiary/aromatic N) is 2. The van der Waals surface area contributed by atoms with Crippen LogP contribution in [0.15, 0.2) is 272 Å². The lowest BCUT2D eigenvalue weighted by Gasteiger charge is -2.32. The van der Waals surface area contributed by atoms with Crippen molar-refractivity contribution in [2.24, 2.45) is 0 Å². The largest absolute Gasteiger partial charge is 0.310 e. The average Bonchev–Trinajstić information content (AvgIpc) is 4.21. The summed E-state index contributed by atoms with van der Waals surface area (Å²) < 4.78 is 2.47. The number of benzene rings is 10. The Hall–Kier alpha value is -9.24. The third-order valence-electron chi connectivity index (χ3n) is 17.0. The molecule has 0 amide bonds. The number of fused-ring (bicyclic) bond motifs is 17. The topological polar surface area (TPSA) is 8.17 Å². The van der Waals surface area contributed by atoms with E-state index in [1.54, 1.807) is 0 Å². The van der Waals surface area contributed by atoms with Gasteiger partial charge in [0.05, 0.1) is 22.1 Å². The van der Waals surface area contributed by atoms with Crippen molar-refractivity contribution < 1.29 is 0 Å². The van der Waals surface area contributed by atoms with Gasteiger partial charge >= 0.3 is 0 Å². The summed E-state index contributed by atoms with van der Waals surface area (Å²) in [7, 11) is 0. The minimum absolute atomic E-state index is 0.482. The molecule has 16 rings (SSSR count). The second-order valence-corrected chi connectivity index (χ2v) is 20.8. The van der Waals surface area contributed by atoms with E-state index in [1.807, 2.05) is 0 Å². The van der Waals surface area contributed by atoms with Crippen molar-refractivity contribution in [2.45, 2.75) is 31.1 Å². The molecule has 5 aliphatic carbocycles. The monoisotopic (exact) mass is 954 g/mol. The Balaban J connectivity index is 0.976. The zero-order valence-corrected chi connectivity index (χ0v) is 41.5. The van der Waals surface area contributed by atoms with E-state index in [2.05, 4.69) is 264 Å². The normalized spacial score (nSPS) is 15.8. The molecule has 0 fully saturated rings. The maximum atomic E-state index is 2.55. The van der Waals surface area contributed by atoms with Gasteiger partial charge in [0, 0.05) is 33.2 Å². The summed E-state index contributed by atoms with van der Waals surface area (Å²) in [6, 6.07) is 82.7. The first-order valence-electron chi connectivity index (χ1n) is 26.7. The molecule has 1 spiro atoms. The summed E-state index contributed by atoms with van der Waals surface area (Å²) in [5.74, 6) is 0. The predicted molar refractivity (Wildman–Crippen MR) is 314 cm³/mol. The summed E-state index contributed by atoms with van der Waals surface area (Å²) in [4.78, 5) is 2.55. The van der Waals surface area contributed by atoms with Gasteiger partial charge in [-0.05, 0) is 175 Å². The van der Waals surface area contributed by atoms with Crippen LogP contribution in [0.1, 0.15) is 59.1 Å². The van der Waals surface area contributed by atoms with Crippen LogP contribution in [0.5, 0.6) is 0 Å². The maximum Gasteiger partial charge on any atom is 0.0726 e. The van der Waals surface area contributed by atoms with Gasteiger partial charge in [0.15, 0.2) is 0 Å². The Labute approximate surface area is 437 Å². The van der Waals surface area contributed by atoms with Gasteiger partial charge < -0.3 is 9.47 Å². The minimum atomic E-state index is -0.482. The first-order chi connectivity index (χ1) is 37.2. The molecular weight excluding hydrogens is 905 g/mol. The first-order valence-corrected chi connectivity index (χ1v) is 26.7. The lowest BCUT2D eigenvalue weighted by molar-refractivity contribution is 0.793. The number of anilines is 3. The highest BCUT2D eigenvalue weighted by atomic mass is 15.1. The lowest BCUT2D eigenvalue weighted by Crippen LogP contribution is -2.26. The van der Waals surface area contributed by atoms with Crippen molar-refractivity contribution >= 4 is 55.2 Å². The van der Waals surface area contributed by atoms with Crippen molar-refractivity contribution in [1.29, 1.82) is 0 Å². The molecule has 2 nitrogen and oxygen atoms in total. The number of allylic oxidation sites excluding steroid dienone is 9. The van der Waals surface area contributed by atoms with E-state index >= 15 is 0 Å². The highest BCUT2D eigenvalue weighted by Gasteiger charge is 2.51. The molecule has 5 aliphatic rings. The molecule has 11 aromatic rings. The van der Waals surface area contributed by atoms with Gasteiger partial charge in [-0.1, -0.05) is 200 Å². The van der Waals surface area contributed by atoms with Crippen molar-refractivity contribution in [3.8, 4) is 39.1 Å². The van der Waals surface area contributed by atoms with Crippen LogP contribution in [0, 0.1) is 0 Å². The first kappa shape index (κ1) is 42.3. The molecule has 1 aromatic heterocycles. The summed E-state index contributed by atoms with van der Waals surface area (Å²) in [5.41, 5.74) is 27.6. The van der Waals surface area contributed by atoms with Gasteiger partial charge in [0.25, 0.3) is 0 Å². The van der Waals surface area contributed by atoms with Crippen LogP contribution in [0.2, 0.25) is 0 Å². The van der Waals surface area contributed by atoms with Crippen LogP contribution in [-0.4, -0.2) is 4.57 Å². The number of rotatable bonds is 6. The van der Waals surface area contributed by atoms with E-state index in [1.165, 1.54) is 127 Å². The molecule has 0 aliphatic heterocycles. The lowest BCUT2D eigenvalue weighted by atomic mass is 9.70. The molecule has 0 saturated heterocycles. The van der Waals surface area contributed by atoms with Crippen LogP contribution in [0.25, 0.3) is 77.2 Å². The van der Waals surface area contributed by atoms with Crippen LogP contribution < -0.4 is 4.90 Å². The van der Waals surface area contributed by atoms with Gasteiger partial charge in [-0.2, -0.15) is 0 Å². The van der Waals surface area contributed by atoms with E-state index in [-0.39, 0.29) is 0 Å². The SMILES string of the molecule is C1=CCCC(/C(C2=CCCC=C2)=C2/c3ccccc3-c3ccc(N(c4ccc5c(c4)C4(c6ccccc6-c6ccccc64)c4ccccc4-5)c4ccc5c(c4)c4ccccc4n5-c4cccc5ccccc45)cc32)=C1. The molecule has 1 heterocycles. The molecule has 0 radical (unpaired) electrons. The fourth-order valence-corrected chi connectivity index (χ4v) is 14.0. The van der Waals surface area contributed by atoms with Gasteiger partial charge in [0.1, 0.15) is 0 Å². The molecular formula is C73H50N2. The van der Waals surface area contributed by atoms with Crippen molar-refractivity contribution in [1.82, 2.24) is 4.57 Å². The highest BCUT2D eigenvalue weighted by Crippen LogP contribution is 2.63. The minimum Gasteiger partial charge on any atom is -0.310 e. The Morgan fingerprint density at radius 1 is 0.413 bits per heavy atom. The molecule has 2 heteroatoms.